The number of nitrogens with one attached hydrogen (secondary N) is 1. The molecule has 0 fully saturated rings. The van der Waals surface area contributed by atoms with E-state index in [1.807, 2.05) is 27.9 Å². The largest absolute Gasteiger partial charge is 0.490 e. The number of hydrogen-bond acceptors (Lipinski definition) is 5. The van der Waals surface area contributed by atoms with Gasteiger partial charge in [0, 0.05) is 25.2 Å². The van der Waals surface area contributed by atoms with Crippen LogP contribution in [0.15, 0.2) is 45.3 Å². The Morgan fingerprint density at radius 2 is 1.69 bits per heavy atom. The second-order valence-corrected chi connectivity index (χ2v) is 7.18. The molecule has 29 heavy (non-hydrogen) atoms. The zero-order valence-electron chi connectivity index (χ0n) is 17.5. The van der Waals surface area contributed by atoms with Gasteiger partial charge in [-0.25, -0.2) is 4.39 Å². The van der Waals surface area contributed by atoms with Crippen molar-refractivity contribution in [1.82, 2.24) is 5.32 Å². The van der Waals surface area contributed by atoms with Crippen LogP contribution in [0, 0.1) is 5.82 Å². The summed E-state index contributed by atoms with van der Waals surface area (Å²) in [5.41, 5.74) is 1.63. The third-order valence-electron chi connectivity index (χ3n) is 3.37. The molecule has 0 aliphatic carbocycles. The predicted octanol–water partition coefficient (Wildman–Crippen LogP) is 5.70. The molecule has 3 aromatic rings. The Balaban J connectivity index is 0.000000626. The number of carbonyl (C=O) groups is 1. The quantitative estimate of drug-likeness (QED) is 0.498. The zero-order valence-corrected chi connectivity index (χ0v) is 19.1. The molecule has 1 heterocycles. The van der Waals surface area contributed by atoms with E-state index in [0.717, 1.165) is 10.8 Å². The Morgan fingerprint density at radius 1 is 1.14 bits per heavy atom. The van der Waals surface area contributed by atoms with E-state index >= 15 is 0 Å². The zero-order chi connectivity index (χ0) is 22.0. The van der Waals surface area contributed by atoms with Crippen molar-refractivity contribution in [2.24, 2.45) is 0 Å². The third-order valence-corrected chi connectivity index (χ3v) is 3.99. The monoisotopic (exact) mass is 467 g/mol. The lowest BCUT2D eigenvalue weighted by Crippen LogP contribution is -2.05. The fourth-order valence-corrected chi connectivity index (χ4v) is 2.81. The maximum Gasteiger partial charge on any atom is 0.154 e. The van der Waals surface area contributed by atoms with Gasteiger partial charge in [0.05, 0.1) is 16.1 Å². The maximum atomic E-state index is 13.1. The summed E-state index contributed by atoms with van der Waals surface area (Å²) < 4.78 is 29.6. The molecule has 0 saturated heterocycles. The van der Waals surface area contributed by atoms with Crippen LogP contribution < -0.4 is 10.1 Å². The van der Waals surface area contributed by atoms with Gasteiger partial charge in [0.1, 0.15) is 22.9 Å². The van der Waals surface area contributed by atoms with Gasteiger partial charge in [0.25, 0.3) is 0 Å². The van der Waals surface area contributed by atoms with E-state index in [2.05, 4.69) is 26.0 Å². The number of fused-ring (bicyclic) bond motifs is 1. The summed E-state index contributed by atoms with van der Waals surface area (Å²) in [5.74, 6) is 0.721. The van der Waals surface area contributed by atoms with Crippen molar-refractivity contribution in [1.29, 1.82) is 0 Å². The molecule has 0 aliphatic heterocycles. The van der Waals surface area contributed by atoms with Gasteiger partial charge in [-0.2, -0.15) is 0 Å². The minimum atomic E-state index is -0.340. The van der Waals surface area contributed by atoms with Gasteiger partial charge in [0.2, 0.25) is 0 Å². The molecule has 2 aromatic carbocycles. The van der Waals surface area contributed by atoms with Crippen molar-refractivity contribution in [3.63, 3.8) is 0 Å². The van der Waals surface area contributed by atoms with Crippen LogP contribution in [0.4, 0.5) is 4.39 Å². The molecule has 0 aliphatic rings. The summed E-state index contributed by atoms with van der Waals surface area (Å²) >= 11 is 3.44. The van der Waals surface area contributed by atoms with Crippen molar-refractivity contribution in [3.8, 4) is 17.1 Å². The van der Waals surface area contributed by atoms with Gasteiger partial charge >= 0.3 is 0 Å². The van der Waals surface area contributed by atoms with Gasteiger partial charge in [0.15, 0.2) is 6.29 Å². The molecular weight excluding hydrogens is 441 g/mol. The summed E-state index contributed by atoms with van der Waals surface area (Å²) in [6.45, 7) is 3.85. The summed E-state index contributed by atoms with van der Waals surface area (Å²) in [6.07, 6.45) is 0.754. The molecule has 7 heteroatoms. The number of hydrogen-bond donors (Lipinski definition) is 1. The lowest BCUT2D eigenvalue weighted by atomic mass is 10.1. The van der Waals surface area contributed by atoms with Crippen LogP contribution >= 0.6 is 15.9 Å². The van der Waals surface area contributed by atoms with Crippen molar-refractivity contribution < 1.29 is 23.1 Å². The first-order chi connectivity index (χ1) is 13.8. The second kappa shape index (κ2) is 12.4. The molecule has 0 spiro atoms. The first kappa shape index (κ1) is 24.8. The topological polar surface area (TPSA) is 60.7 Å². The molecular formula is C22H27BrFNO4. The van der Waals surface area contributed by atoms with Crippen LogP contribution in [0.5, 0.6) is 5.75 Å². The first-order valence-corrected chi connectivity index (χ1v) is 9.74. The molecule has 0 bridgehead atoms. The summed E-state index contributed by atoms with van der Waals surface area (Å²) in [7, 11) is 7.00. The molecule has 0 radical (unpaired) electrons. The standard InChI is InChI=1S/C18H14BrFO3.C2H7N.C2H6O/c1-10(2)22-17-7-13-14(9-21)18(23-16(13)8-15(17)19)11-3-5-12(20)6-4-11;2*1-3-2/h3-10H,1-2H3;3H,1-2H3;1-2H3. The van der Waals surface area contributed by atoms with E-state index in [1.165, 1.54) is 12.1 Å². The van der Waals surface area contributed by atoms with Crippen molar-refractivity contribution >= 4 is 33.2 Å². The van der Waals surface area contributed by atoms with Gasteiger partial charge in [-0.05, 0) is 80.3 Å². The van der Waals surface area contributed by atoms with Gasteiger partial charge in [-0.15, -0.1) is 0 Å². The maximum absolute atomic E-state index is 13.1. The molecule has 0 saturated carbocycles. The highest BCUT2D eigenvalue weighted by atomic mass is 79.9. The molecule has 0 amide bonds. The molecule has 3 rings (SSSR count). The highest BCUT2D eigenvalue weighted by molar-refractivity contribution is 9.10. The van der Waals surface area contributed by atoms with Gasteiger partial charge in [-0.3, -0.25) is 4.79 Å². The smallest absolute Gasteiger partial charge is 0.154 e. The summed E-state index contributed by atoms with van der Waals surface area (Å²) in [6, 6.07) is 9.38. The normalized spacial score (nSPS) is 10.1. The molecule has 158 valence electrons. The van der Waals surface area contributed by atoms with Crippen LogP contribution in [0.25, 0.3) is 22.3 Å². The van der Waals surface area contributed by atoms with Crippen LogP contribution in [-0.4, -0.2) is 40.7 Å². The summed E-state index contributed by atoms with van der Waals surface area (Å²) in [4.78, 5) is 11.6. The van der Waals surface area contributed by atoms with E-state index in [1.54, 1.807) is 38.5 Å². The van der Waals surface area contributed by atoms with E-state index in [4.69, 9.17) is 9.15 Å². The number of rotatable bonds is 4. The molecule has 5 nitrogen and oxygen atoms in total. The number of methoxy groups -OCH3 is 1. The van der Waals surface area contributed by atoms with Crippen molar-refractivity contribution in [3.05, 3.63) is 52.3 Å². The Labute approximate surface area is 179 Å². The fourth-order valence-electron chi connectivity index (χ4n) is 2.39. The SMILES string of the molecule is CC(C)Oc1cc2c(C=O)c(-c3ccc(F)cc3)oc2cc1Br.CNC.COC. The lowest BCUT2D eigenvalue weighted by Gasteiger charge is -2.11. The minimum Gasteiger partial charge on any atom is -0.490 e. The lowest BCUT2D eigenvalue weighted by molar-refractivity contribution is 0.112. The fraction of sp³-hybridized carbons (Fsp3) is 0.318. The molecule has 0 unspecified atom stereocenters. The number of benzene rings is 2. The Kier molecular flexibility index (Phi) is 10.6. The Morgan fingerprint density at radius 3 is 2.17 bits per heavy atom. The number of halogens is 2. The van der Waals surface area contributed by atoms with Crippen LogP contribution in [0.1, 0.15) is 24.2 Å². The van der Waals surface area contributed by atoms with Crippen molar-refractivity contribution in [2.75, 3.05) is 28.3 Å². The van der Waals surface area contributed by atoms with Crippen LogP contribution in [0.2, 0.25) is 0 Å². The van der Waals surface area contributed by atoms with E-state index in [-0.39, 0.29) is 11.9 Å². The number of carbonyl (C=O) groups excluding carboxylic acids is 1. The highest BCUT2D eigenvalue weighted by Crippen LogP contribution is 2.38. The molecule has 1 aromatic heterocycles. The van der Waals surface area contributed by atoms with E-state index < -0.39 is 0 Å². The number of ether oxygens (including phenoxy) is 2. The Hall–Kier alpha value is -2.22. The van der Waals surface area contributed by atoms with E-state index in [9.17, 15) is 9.18 Å². The average Bonchev–Trinajstić information content (AvgIpc) is 3.01. The number of furan rings is 1. The molecule has 1 N–H and O–H groups in total. The van der Waals surface area contributed by atoms with Crippen molar-refractivity contribution in [2.45, 2.75) is 20.0 Å². The average molecular weight is 468 g/mol. The number of aldehydes is 1. The minimum absolute atomic E-state index is 0.00639. The highest BCUT2D eigenvalue weighted by Gasteiger charge is 2.18. The molecule has 0 atom stereocenters. The second-order valence-electron chi connectivity index (χ2n) is 6.32. The van der Waals surface area contributed by atoms with E-state index in [0.29, 0.717) is 33.6 Å². The van der Waals surface area contributed by atoms with Gasteiger partial charge in [-0.1, -0.05) is 0 Å². The summed E-state index contributed by atoms with van der Waals surface area (Å²) in [5, 5.41) is 3.41. The predicted molar refractivity (Wildman–Crippen MR) is 118 cm³/mol. The van der Waals surface area contributed by atoms with Crippen LogP contribution in [0.3, 0.4) is 0 Å². The van der Waals surface area contributed by atoms with Crippen LogP contribution in [-0.2, 0) is 4.74 Å². The Bertz CT molecular complexity index is 905. The van der Waals surface area contributed by atoms with Gasteiger partial charge < -0.3 is 19.2 Å². The third kappa shape index (κ3) is 6.96. The first-order valence-electron chi connectivity index (χ1n) is 8.95.